The predicted octanol–water partition coefficient (Wildman–Crippen LogP) is -0.346. The number of hydrogen-bond acceptors (Lipinski definition) is 6. The highest BCUT2D eigenvalue weighted by Crippen LogP contribution is 2.02. The van der Waals surface area contributed by atoms with Crippen LogP contribution in [0, 0.1) is 0 Å². The van der Waals surface area contributed by atoms with Crippen molar-refractivity contribution in [3.8, 4) is 0 Å². The normalized spacial score (nSPS) is 10.8. The van der Waals surface area contributed by atoms with Gasteiger partial charge in [-0.3, -0.25) is 0 Å². The molecule has 0 aromatic carbocycles. The van der Waals surface area contributed by atoms with Crippen LogP contribution in [0.15, 0.2) is 9.78 Å². The second-order valence-electron chi connectivity index (χ2n) is 1.60. The molecule has 0 aliphatic carbocycles. The van der Waals surface area contributed by atoms with E-state index in [9.17, 15) is 0 Å². The zero-order chi connectivity index (χ0) is 7.40. The summed E-state index contributed by atoms with van der Waals surface area (Å²) in [5.74, 6) is 0.222. The summed E-state index contributed by atoms with van der Waals surface area (Å²) in [6.07, 6.45) is 1.57. The SMILES string of the molecule is Nc1nonc1C/C=N\O. The molecule has 0 bridgehead atoms. The van der Waals surface area contributed by atoms with Crippen LogP contribution in [-0.2, 0) is 6.42 Å². The van der Waals surface area contributed by atoms with E-state index in [4.69, 9.17) is 10.9 Å². The molecule has 0 aliphatic rings. The molecular formula is C4H6N4O2. The molecule has 1 aromatic heterocycles. The first kappa shape index (κ1) is 6.53. The Bertz CT molecular complexity index is 231. The lowest BCUT2D eigenvalue weighted by Gasteiger charge is -1.82. The molecule has 0 aliphatic heterocycles. The van der Waals surface area contributed by atoms with E-state index in [0.717, 1.165) is 0 Å². The fourth-order valence-corrected chi connectivity index (χ4v) is 0.482. The van der Waals surface area contributed by atoms with E-state index < -0.39 is 0 Å². The summed E-state index contributed by atoms with van der Waals surface area (Å²) in [7, 11) is 0. The fraction of sp³-hybridized carbons (Fsp3) is 0.250. The highest BCUT2D eigenvalue weighted by Gasteiger charge is 2.02. The third-order valence-electron chi connectivity index (χ3n) is 0.952. The van der Waals surface area contributed by atoms with Crippen LogP contribution in [0.3, 0.4) is 0 Å². The third-order valence-corrected chi connectivity index (χ3v) is 0.952. The van der Waals surface area contributed by atoms with Crippen LogP contribution in [0.4, 0.5) is 5.82 Å². The third kappa shape index (κ3) is 1.22. The molecule has 0 radical (unpaired) electrons. The summed E-state index contributed by atoms with van der Waals surface area (Å²) in [5, 5.41) is 17.5. The Morgan fingerprint density at radius 3 is 3.00 bits per heavy atom. The van der Waals surface area contributed by atoms with E-state index in [0.29, 0.717) is 12.1 Å². The summed E-state index contributed by atoms with van der Waals surface area (Å²) in [6, 6.07) is 0. The molecule has 0 unspecified atom stereocenters. The first-order chi connectivity index (χ1) is 4.84. The Morgan fingerprint density at radius 1 is 1.70 bits per heavy atom. The topological polar surface area (TPSA) is 97.5 Å². The number of nitrogens with two attached hydrogens (primary N) is 1. The molecular weight excluding hydrogens is 136 g/mol. The molecule has 6 heteroatoms. The summed E-state index contributed by atoms with van der Waals surface area (Å²) < 4.78 is 4.27. The maximum absolute atomic E-state index is 8.01. The van der Waals surface area contributed by atoms with Gasteiger partial charge in [-0.15, -0.1) is 5.16 Å². The first-order valence-corrected chi connectivity index (χ1v) is 2.57. The molecule has 10 heavy (non-hydrogen) atoms. The molecule has 1 rings (SSSR count). The number of nitrogen functional groups attached to an aromatic ring is 1. The number of anilines is 1. The van der Waals surface area contributed by atoms with Gasteiger partial charge in [0.25, 0.3) is 0 Å². The monoisotopic (exact) mass is 142 g/mol. The highest BCUT2D eigenvalue weighted by molar-refractivity contribution is 5.61. The molecule has 6 nitrogen and oxygen atoms in total. The van der Waals surface area contributed by atoms with Crippen molar-refractivity contribution in [2.24, 2.45) is 5.16 Å². The molecule has 0 spiro atoms. The van der Waals surface area contributed by atoms with Gasteiger partial charge in [-0.25, -0.2) is 4.63 Å². The van der Waals surface area contributed by atoms with Crippen LogP contribution < -0.4 is 5.73 Å². The Balaban J connectivity index is 2.65. The van der Waals surface area contributed by atoms with E-state index in [1.807, 2.05) is 0 Å². The summed E-state index contributed by atoms with van der Waals surface area (Å²) in [5.41, 5.74) is 5.74. The Morgan fingerprint density at radius 2 is 2.50 bits per heavy atom. The molecule has 0 saturated carbocycles. The van der Waals surface area contributed by atoms with Gasteiger partial charge in [0.15, 0.2) is 5.82 Å². The van der Waals surface area contributed by atoms with Crippen molar-refractivity contribution < 1.29 is 9.84 Å². The number of aromatic nitrogens is 2. The van der Waals surface area contributed by atoms with Crippen molar-refractivity contribution >= 4 is 12.0 Å². The Kier molecular flexibility index (Phi) is 1.83. The maximum Gasteiger partial charge on any atom is 0.191 e. The number of nitrogens with zero attached hydrogens (tertiary/aromatic N) is 3. The van der Waals surface area contributed by atoms with Gasteiger partial charge in [0, 0.05) is 12.6 Å². The van der Waals surface area contributed by atoms with Gasteiger partial charge in [-0.05, 0) is 5.16 Å². The second-order valence-corrected chi connectivity index (χ2v) is 1.60. The van der Waals surface area contributed by atoms with Gasteiger partial charge in [0.1, 0.15) is 5.69 Å². The van der Waals surface area contributed by atoms with Crippen molar-refractivity contribution in [3.05, 3.63) is 5.69 Å². The Hall–Kier alpha value is -1.59. The minimum atomic E-state index is 0.222. The van der Waals surface area contributed by atoms with Crippen LogP contribution in [0.25, 0.3) is 0 Å². The van der Waals surface area contributed by atoms with Crippen molar-refractivity contribution in [3.63, 3.8) is 0 Å². The lowest BCUT2D eigenvalue weighted by atomic mass is 10.3. The first-order valence-electron chi connectivity index (χ1n) is 2.57. The van der Waals surface area contributed by atoms with Gasteiger partial charge in [0.2, 0.25) is 0 Å². The zero-order valence-electron chi connectivity index (χ0n) is 5.06. The van der Waals surface area contributed by atoms with Crippen molar-refractivity contribution in [1.29, 1.82) is 0 Å². The molecule has 0 saturated heterocycles. The molecule has 1 aromatic rings. The predicted molar refractivity (Wildman–Crippen MR) is 32.7 cm³/mol. The van der Waals surface area contributed by atoms with Gasteiger partial charge in [0.05, 0.1) is 0 Å². The van der Waals surface area contributed by atoms with Crippen LogP contribution in [0.2, 0.25) is 0 Å². The average molecular weight is 142 g/mol. The van der Waals surface area contributed by atoms with Crippen LogP contribution >= 0.6 is 0 Å². The number of oxime groups is 1. The smallest absolute Gasteiger partial charge is 0.191 e. The molecule has 54 valence electrons. The van der Waals surface area contributed by atoms with E-state index in [1.54, 1.807) is 0 Å². The fourth-order valence-electron chi connectivity index (χ4n) is 0.482. The maximum atomic E-state index is 8.01. The minimum absolute atomic E-state index is 0.222. The van der Waals surface area contributed by atoms with Crippen LogP contribution in [0.1, 0.15) is 5.69 Å². The lowest BCUT2D eigenvalue weighted by molar-refractivity contribution is 0.305. The van der Waals surface area contributed by atoms with Crippen LogP contribution in [-0.4, -0.2) is 21.7 Å². The van der Waals surface area contributed by atoms with Crippen molar-refractivity contribution in [2.75, 3.05) is 5.73 Å². The van der Waals surface area contributed by atoms with E-state index in [2.05, 4.69) is 20.1 Å². The number of rotatable bonds is 2. The molecule has 0 fully saturated rings. The van der Waals surface area contributed by atoms with E-state index in [1.165, 1.54) is 6.21 Å². The Labute approximate surface area is 56.3 Å². The van der Waals surface area contributed by atoms with Crippen molar-refractivity contribution in [1.82, 2.24) is 10.3 Å². The molecule has 1 heterocycles. The molecule has 0 amide bonds. The van der Waals surface area contributed by atoms with Crippen LogP contribution in [0.5, 0.6) is 0 Å². The van der Waals surface area contributed by atoms with Gasteiger partial charge >= 0.3 is 0 Å². The molecule has 0 atom stereocenters. The summed E-state index contributed by atoms with van der Waals surface area (Å²) in [6.45, 7) is 0. The van der Waals surface area contributed by atoms with Crippen molar-refractivity contribution in [2.45, 2.75) is 6.42 Å². The van der Waals surface area contributed by atoms with Gasteiger partial charge in [-0.2, -0.15) is 0 Å². The minimum Gasteiger partial charge on any atom is -0.411 e. The van der Waals surface area contributed by atoms with E-state index >= 15 is 0 Å². The second kappa shape index (κ2) is 2.81. The average Bonchev–Trinajstić information content (AvgIpc) is 2.31. The van der Waals surface area contributed by atoms with E-state index in [-0.39, 0.29) is 5.82 Å². The quantitative estimate of drug-likeness (QED) is 0.334. The summed E-state index contributed by atoms with van der Waals surface area (Å²) in [4.78, 5) is 0. The highest BCUT2D eigenvalue weighted by atomic mass is 16.6. The van der Waals surface area contributed by atoms with Gasteiger partial charge in [-0.1, -0.05) is 5.16 Å². The zero-order valence-corrected chi connectivity index (χ0v) is 5.06. The number of hydrogen-bond donors (Lipinski definition) is 2. The molecule has 3 N–H and O–H groups in total. The van der Waals surface area contributed by atoms with Gasteiger partial charge < -0.3 is 10.9 Å². The lowest BCUT2D eigenvalue weighted by Crippen LogP contribution is -1.93. The largest absolute Gasteiger partial charge is 0.411 e. The standard InChI is InChI=1S/C4H6N4O2/c5-4-3(1-2-6-9)7-10-8-4/h2,9H,1H2,(H2,5,8)/b6-2-. The summed E-state index contributed by atoms with van der Waals surface area (Å²) >= 11 is 0.